The molecule has 3 nitrogen and oxygen atoms in total. The van der Waals surface area contributed by atoms with Gasteiger partial charge in [0.05, 0.1) is 6.54 Å². The van der Waals surface area contributed by atoms with Crippen LogP contribution in [0.3, 0.4) is 0 Å². The molecule has 0 bridgehead atoms. The van der Waals surface area contributed by atoms with Crippen molar-refractivity contribution in [3.8, 4) is 12.3 Å². The molecule has 1 heterocycles. The molecule has 0 aromatic heterocycles. The van der Waals surface area contributed by atoms with E-state index in [4.69, 9.17) is 12.2 Å². The van der Waals surface area contributed by atoms with Gasteiger partial charge in [0.1, 0.15) is 0 Å². The highest BCUT2D eigenvalue weighted by molar-refractivity contribution is 4.98. The van der Waals surface area contributed by atoms with E-state index in [2.05, 4.69) is 30.0 Å². The molecule has 0 aromatic rings. The third-order valence-corrected chi connectivity index (χ3v) is 3.39. The van der Waals surface area contributed by atoms with E-state index in [0.717, 1.165) is 31.8 Å². The molecule has 0 unspecified atom stereocenters. The third-order valence-electron chi connectivity index (χ3n) is 3.39. The summed E-state index contributed by atoms with van der Waals surface area (Å²) >= 11 is 0. The van der Waals surface area contributed by atoms with Crippen LogP contribution in [0, 0.1) is 18.3 Å². The molecule has 0 spiro atoms. The molecule has 0 saturated carbocycles. The number of hydrogen-bond acceptors (Lipinski definition) is 3. The van der Waals surface area contributed by atoms with Gasteiger partial charge >= 0.3 is 0 Å². The average Bonchev–Trinajstić information content (AvgIpc) is 2.28. The molecule has 0 radical (unpaired) electrons. The predicted molar refractivity (Wildman–Crippen MR) is 69.1 cm³/mol. The van der Waals surface area contributed by atoms with Gasteiger partial charge in [0, 0.05) is 18.6 Å². The second-order valence-electron chi connectivity index (χ2n) is 5.24. The molecule has 1 fully saturated rings. The maximum atomic E-state index is 5.88. The molecule has 0 aliphatic carbocycles. The van der Waals surface area contributed by atoms with Crippen molar-refractivity contribution in [2.75, 3.05) is 32.7 Å². The highest BCUT2D eigenvalue weighted by Crippen LogP contribution is 2.21. The van der Waals surface area contributed by atoms with Crippen LogP contribution >= 0.6 is 0 Å². The van der Waals surface area contributed by atoms with Crippen LogP contribution in [0.1, 0.15) is 26.7 Å². The first-order valence-corrected chi connectivity index (χ1v) is 6.23. The molecule has 3 heteroatoms. The van der Waals surface area contributed by atoms with Crippen molar-refractivity contribution in [2.45, 2.75) is 32.2 Å². The minimum absolute atomic E-state index is 0.0832. The van der Waals surface area contributed by atoms with Gasteiger partial charge in [0.25, 0.3) is 0 Å². The lowest BCUT2D eigenvalue weighted by atomic mass is 9.87. The largest absolute Gasteiger partial charge is 0.329 e. The summed E-state index contributed by atoms with van der Waals surface area (Å²) in [7, 11) is 0. The van der Waals surface area contributed by atoms with E-state index in [1.165, 1.54) is 6.54 Å². The molecule has 0 aromatic carbocycles. The van der Waals surface area contributed by atoms with E-state index in [-0.39, 0.29) is 5.54 Å². The van der Waals surface area contributed by atoms with Gasteiger partial charge in [-0.2, -0.15) is 0 Å². The van der Waals surface area contributed by atoms with E-state index < -0.39 is 0 Å². The monoisotopic (exact) mass is 223 g/mol. The Hall–Kier alpha value is -0.560. The van der Waals surface area contributed by atoms with Crippen LogP contribution in [0.5, 0.6) is 0 Å². The van der Waals surface area contributed by atoms with Crippen LogP contribution in [0.2, 0.25) is 0 Å². The number of terminal acetylenes is 1. The Morgan fingerprint density at radius 1 is 1.44 bits per heavy atom. The smallest absolute Gasteiger partial charge is 0.0578 e. The number of nitrogens with two attached hydrogens (primary N) is 1. The molecular formula is C13H25N3. The number of nitrogens with one attached hydrogen (secondary N) is 1. The van der Waals surface area contributed by atoms with Gasteiger partial charge in [-0.15, -0.1) is 6.42 Å². The van der Waals surface area contributed by atoms with Gasteiger partial charge < -0.3 is 10.6 Å². The third kappa shape index (κ3) is 3.79. The zero-order chi connectivity index (χ0) is 12.0. The van der Waals surface area contributed by atoms with Crippen LogP contribution in [-0.2, 0) is 0 Å². The van der Waals surface area contributed by atoms with Crippen LogP contribution < -0.4 is 11.1 Å². The van der Waals surface area contributed by atoms with Crippen molar-refractivity contribution < 1.29 is 0 Å². The summed E-state index contributed by atoms with van der Waals surface area (Å²) in [5.41, 5.74) is 5.96. The summed E-state index contributed by atoms with van der Waals surface area (Å²) in [5.74, 6) is 3.38. The van der Waals surface area contributed by atoms with Gasteiger partial charge in [-0.1, -0.05) is 19.8 Å². The minimum atomic E-state index is 0.0832. The lowest BCUT2D eigenvalue weighted by Gasteiger charge is -2.42. The number of likely N-dealkylation sites (tertiary alicyclic amines) is 1. The summed E-state index contributed by atoms with van der Waals surface area (Å²) in [5, 5.41) is 3.42. The van der Waals surface area contributed by atoms with Crippen molar-refractivity contribution in [3.63, 3.8) is 0 Å². The van der Waals surface area contributed by atoms with Gasteiger partial charge in [-0.25, -0.2) is 0 Å². The Labute approximate surface area is 99.8 Å². The zero-order valence-corrected chi connectivity index (χ0v) is 10.6. The maximum absolute atomic E-state index is 5.88. The SMILES string of the molecule is C#CCNC1(CN)CCN(CC(C)C)CC1. The fourth-order valence-electron chi connectivity index (χ4n) is 2.37. The Bertz CT molecular complexity index is 234. The first-order chi connectivity index (χ1) is 7.62. The van der Waals surface area contributed by atoms with E-state index in [1.807, 2.05) is 0 Å². The Kier molecular flexibility index (Phi) is 5.27. The molecule has 1 aliphatic rings. The first-order valence-electron chi connectivity index (χ1n) is 6.23. The van der Waals surface area contributed by atoms with E-state index in [1.54, 1.807) is 0 Å². The molecule has 1 saturated heterocycles. The summed E-state index contributed by atoms with van der Waals surface area (Å²) in [6, 6.07) is 0. The van der Waals surface area contributed by atoms with Gasteiger partial charge in [-0.3, -0.25) is 5.32 Å². The van der Waals surface area contributed by atoms with Gasteiger partial charge in [0.2, 0.25) is 0 Å². The molecule has 16 heavy (non-hydrogen) atoms. The highest BCUT2D eigenvalue weighted by Gasteiger charge is 2.32. The topological polar surface area (TPSA) is 41.3 Å². The quantitative estimate of drug-likeness (QED) is 0.673. The van der Waals surface area contributed by atoms with Gasteiger partial charge in [0.15, 0.2) is 0 Å². The zero-order valence-electron chi connectivity index (χ0n) is 10.6. The number of hydrogen-bond donors (Lipinski definition) is 2. The Balaban J connectivity index is 2.41. The van der Waals surface area contributed by atoms with Crippen molar-refractivity contribution >= 4 is 0 Å². The minimum Gasteiger partial charge on any atom is -0.329 e. The normalized spacial score (nSPS) is 20.9. The highest BCUT2D eigenvalue weighted by atomic mass is 15.2. The van der Waals surface area contributed by atoms with Crippen LogP contribution in [0.15, 0.2) is 0 Å². The second-order valence-corrected chi connectivity index (χ2v) is 5.24. The van der Waals surface area contributed by atoms with Crippen molar-refractivity contribution in [3.05, 3.63) is 0 Å². The molecule has 1 aliphatic heterocycles. The van der Waals surface area contributed by atoms with Crippen molar-refractivity contribution in [1.29, 1.82) is 0 Å². The number of nitrogens with zero attached hydrogens (tertiary/aromatic N) is 1. The maximum Gasteiger partial charge on any atom is 0.0578 e. The molecular weight excluding hydrogens is 198 g/mol. The fraction of sp³-hybridized carbons (Fsp3) is 0.846. The van der Waals surface area contributed by atoms with Crippen LogP contribution in [0.25, 0.3) is 0 Å². The Morgan fingerprint density at radius 3 is 2.50 bits per heavy atom. The van der Waals surface area contributed by atoms with E-state index in [9.17, 15) is 0 Å². The van der Waals surface area contributed by atoms with Gasteiger partial charge in [-0.05, 0) is 31.8 Å². The summed E-state index contributed by atoms with van der Waals surface area (Å²) in [6.07, 6.45) is 7.51. The van der Waals surface area contributed by atoms with E-state index in [0.29, 0.717) is 13.1 Å². The molecule has 3 N–H and O–H groups in total. The fourth-order valence-corrected chi connectivity index (χ4v) is 2.37. The summed E-state index contributed by atoms with van der Waals surface area (Å²) < 4.78 is 0. The molecule has 1 rings (SSSR count). The first kappa shape index (κ1) is 13.5. The lowest BCUT2D eigenvalue weighted by Crippen LogP contribution is -2.58. The second kappa shape index (κ2) is 6.24. The predicted octanol–water partition coefficient (Wildman–Crippen LogP) is 0.659. The molecule has 0 atom stereocenters. The molecule has 0 amide bonds. The lowest BCUT2D eigenvalue weighted by molar-refractivity contribution is 0.131. The van der Waals surface area contributed by atoms with Crippen LogP contribution in [0.4, 0.5) is 0 Å². The van der Waals surface area contributed by atoms with E-state index >= 15 is 0 Å². The van der Waals surface area contributed by atoms with Crippen LogP contribution in [-0.4, -0.2) is 43.2 Å². The average molecular weight is 223 g/mol. The summed E-state index contributed by atoms with van der Waals surface area (Å²) in [4.78, 5) is 2.52. The van der Waals surface area contributed by atoms with Crippen molar-refractivity contribution in [1.82, 2.24) is 10.2 Å². The summed E-state index contributed by atoms with van der Waals surface area (Å²) in [6.45, 7) is 9.30. The number of piperidine rings is 1. The number of rotatable bonds is 5. The Morgan fingerprint density at radius 2 is 2.06 bits per heavy atom. The van der Waals surface area contributed by atoms with Crippen molar-refractivity contribution in [2.24, 2.45) is 11.7 Å². The standard InChI is InChI=1S/C13H25N3/c1-4-7-15-13(11-14)5-8-16(9-6-13)10-12(2)3/h1,12,15H,5-11,14H2,2-3H3. The molecule has 92 valence electrons.